The fourth-order valence-electron chi connectivity index (χ4n) is 2.28. The number of phenols is 1. The summed E-state index contributed by atoms with van der Waals surface area (Å²) >= 11 is 0. The minimum absolute atomic E-state index is 0.0635. The third-order valence-electron chi connectivity index (χ3n) is 3.35. The van der Waals surface area contributed by atoms with Crippen LogP contribution in [0, 0.1) is 0 Å². The predicted octanol–water partition coefficient (Wildman–Crippen LogP) is 2.46. The third-order valence-corrected chi connectivity index (χ3v) is 3.35. The van der Waals surface area contributed by atoms with Crippen molar-refractivity contribution in [3.63, 3.8) is 0 Å². The number of carbonyl (C=O) groups is 1. The molecule has 0 spiro atoms. The molecule has 3 aromatic rings. The number of fused-ring (bicyclic) bond motifs is 1. The lowest BCUT2D eigenvalue weighted by Gasteiger charge is -2.07. The number of para-hydroxylation sites is 2. The number of phenolic OH excluding ortho intramolecular Hbond substituents is 1. The molecular weight excluding hydrogens is 266 g/mol. The number of hydrogen-bond donors (Lipinski definition) is 2. The van der Waals surface area contributed by atoms with Crippen LogP contribution < -0.4 is 5.32 Å². The Labute approximate surface area is 121 Å². The van der Waals surface area contributed by atoms with Crippen LogP contribution in [0.2, 0.25) is 0 Å². The Hall–Kier alpha value is -2.82. The molecule has 0 fully saturated rings. The average Bonchev–Trinajstić information content (AvgIpc) is 2.82. The molecule has 2 N–H and O–H groups in total. The number of anilines is 1. The zero-order chi connectivity index (χ0) is 14.8. The largest absolute Gasteiger partial charge is 0.506 e. The first-order valence-electron chi connectivity index (χ1n) is 6.62. The van der Waals surface area contributed by atoms with E-state index in [4.69, 9.17) is 0 Å². The number of carbonyl (C=O) groups excluding carboxylic acids is 1. The van der Waals surface area contributed by atoms with Gasteiger partial charge in [0.1, 0.15) is 5.75 Å². The Morgan fingerprint density at radius 2 is 2.10 bits per heavy atom. The molecule has 0 unspecified atom stereocenters. The van der Waals surface area contributed by atoms with Crippen LogP contribution in [0.3, 0.4) is 0 Å². The summed E-state index contributed by atoms with van der Waals surface area (Å²) in [4.78, 5) is 12.0. The highest BCUT2D eigenvalue weighted by molar-refractivity contribution is 5.94. The van der Waals surface area contributed by atoms with Gasteiger partial charge in [0.25, 0.3) is 0 Å². The number of aryl methyl sites for hydroxylation is 1. The second kappa shape index (κ2) is 5.28. The van der Waals surface area contributed by atoms with E-state index in [2.05, 4.69) is 10.4 Å². The van der Waals surface area contributed by atoms with Crippen LogP contribution in [0.15, 0.2) is 48.7 Å². The first kappa shape index (κ1) is 13.2. The second-order valence-corrected chi connectivity index (χ2v) is 4.90. The number of nitrogens with one attached hydrogen (secondary N) is 1. The van der Waals surface area contributed by atoms with E-state index in [0.29, 0.717) is 5.69 Å². The standard InChI is InChI=1S/C16H15N3O2/c1-19-14-7-6-11(8-12(14)10-17-19)9-16(21)18-13-4-2-3-5-15(13)20/h2-8,10,20H,9H2,1H3,(H,18,21). The predicted molar refractivity (Wildman–Crippen MR) is 81.2 cm³/mol. The summed E-state index contributed by atoms with van der Waals surface area (Å²) in [5.41, 5.74) is 2.35. The summed E-state index contributed by atoms with van der Waals surface area (Å²) < 4.78 is 1.79. The summed E-state index contributed by atoms with van der Waals surface area (Å²) in [5.74, 6) is -0.103. The number of hydrogen-bond acceptors (Lipinski definition) is 3. The van der Waals surface area contributed by atoms with Crippen molar-refractivity contribution in [3.8, 4) is 5.75 Å². The van der Waals surface area contributed by atoms with Gasteiger partial charge in [-0.3, -0.25) is 9.48 Å². The maximum atomic E-state index is 12.0. The number of aromatic hydroxyl groups is 1. The van der Waals surface area contributed by atoms with Gasteiger partial charge in [-0.15, -0.1) is 0 Å². The van der Waals surface area contributed by atoms with Crippen LogP contribution in [-0.2, 0) is 18.3 Å². The lowest BCUT2D eigenvalue weighted by molar-refractivity contribution is -0.115. The van der Waals surface area contributed by atoms with Gasteiger partial charge >= 0.3 is 0 Å². The van der Waals surface area contributed by atoms with Crippen molar-refractivity contribution < 1.29 is 9.90 Å². The van der Waals surface area contributed by atoms with Crippen molar-refractivity contribution in [2.45, 2.75) is 6.42 Å². The molecule has 0 radical (unpaired) electrons. The van der Waals surface area contributed by atoms with Gasteiger partial charge in [0.15, 0.2) is 0 Å². The summed E-state index contributed by atoms with van der Waals surface area (Å²) in [6.07, 6.45) is 2.03. The zero-order valence-corrected chi connectivity index (χ0v) is 11.6. The molecule has 1 heterocycles. The fourth-order valence-corrected chi connectivity index (χ4v) is 2.28. The molecule has 106 valence electrons. The molecule has 5 nitrogen and oxygen atoms in total. The lowest BCUT2D eigenvalue weighted by atomic mass is 10.1. The molecule has 0 bridgehead atoms. The highest BCUT2D eigenvalue weighted by atomic mass is 16.3. The summed E-state index contributed by atoms with van der Waals surface area (Å²) in [7, 11) is 1.88. The van der Waals surface area contributed by atoms with E-state index in [1.165, 1.54) is 6.07 Å². The summed E-state index contributed by atoms with van der Waals surface area (Å²) in [6, 6.07) is 12.5. The summed E-state index contributed by atoms with van der Waals surface area (Å²) in [6.45, 7) is 0. The summed E-state index contributed by atoms with van der Waals surface area (Å²) in [5, 5.41) is 17.5. The molecule has 0 saturated heterocycles. The van der Waals surface area contributed by atoms with Crippen molar-refractivity contribution in [1.29, 1.82) is 0 Å². The van der Waals surface area contributed by atoms with Crippen molar-refractivity contribution in [1.82, 2.24) is 9.78 Å². The first-order valence-corrected chi connectivity index (χ1v) is 6.62. The molecule has 0 aliphatic heterocycles. The third kappa shape index (κ3) is 2.72. The van der Waals surface area contributed by atoms with E-state index >= 15 is 0 Å². The van der Waals surface area contributed by atoms with Crippen LogP contribution >= 0.6 is 0 Å². The van der Waals surface area contributed by atoms with Gasteiger partial charge in [0.2, 0.25) is 5.91 Å². The van der Waals surface area contributed by atoms with Gasteiger partial charge in [-0.25, -0.2) is 0 Å². The van der Waals surface area contributed by atoms with E-state index < -0.39 is 0 Å². The minimum Gasteiger partial charge on any atom is -0.506 e. The van der Waals surface area contributed by atoms with Gasteiger partial charge in [0, 0.05) is 12.4 Å². The fraction of sp³-hybridized carbons (Fsp3) is 0.125. The normalized spacial score (nSPS) is 10.7. The molecule has 5 heteroatoms. The lowest BCUT2D eigenvalue weighted by Crippen LogP contribution is -2.14. The van der Waals surface area contributed by atoms with Crippen LogP contribution in [0.5, 0.6) is 5.75 Å². The molecule has 21 heavy (non-hydrogen) atoms. The molecule has 3 rings (SSSR count). The molecular formula is C16H15N3O2. The Bertz CT molecular complexity index is 808. The number of aromatic nitrogens is 2. The molecule has 0 aliphatic rings. The van der Waals surface area contributed by atoms with Gasteiger partial charge in [-0.2, -0.15) is 5.10 Å². The second-order valence-electron chi connectivity index (χ2n) is 4.90. The number of amides is 1. The van der Waals surface area contributed by atoms with Crippen molar-refractivity contribution >= 4 is 22.5 Å². The molecule has 2 aromatic carbocycles. The number of rotatable bonds is 3. The van der Waals surface area contributed by atoms with Gasteiger partial charge in [-0.05, 0) is 29.8 Å². The smallest absolute Gasteiger partial charge is 0.228 e. The van der Waals surface area contributed by atoms with Crippen LogP contribution in [0.25, 0.3) is 10.9 Å². The van der Waals surface area contributed by atoms with Crippen LogP contribution in [0.1, 0.15) is 5.56 Å². The maximum Gasteiger partial charge on any atom is 0.228 e. The Kier molecular flexibility index (Phi) is 3.31. The molecule has 1 aromatic heterocycles. The van der Waals surface area contributed by atoms with Crippen LogP contribution in [-0.4, -0.2) is 20.8 Å². The topological polar surface area (TPSA) is 67.2 Å². The van der Waals surface area contributed by atoms with Crippen molar-refractivity contribution in [3.05, 3.63) is 54.2 Å². The van der Waals surface area contributed by atoms with E-state index in [-0.39, 0.29) is 18.1 Å². The Morgan fingerprint density at radius 3 is 2.90 bits per heavy atom. The number of nitrogens with zero attached hydrogens (tertiary/aromatic N) is 2. The van der Waals surface area contributed by atoms with E-state index in [1.807, 2.05) is 25.2 Å². The van der Waals surface area contributed by atoms with Gasteiger partial charge in [-0.1, -0.05) is 18.2 Å². The zero-order valence-electron chi connectivity index (χ0n) is 11.6. The van der Waals surface area contributed by atoms with Crippen molar-refractivity contribution in [2.75, 3.05) is 5.32 Å². The van der Waals surface area contributed by atoms with E-state index in [1.54, 1.807) is 29.1 Å². The highest BCUT2D eigenvalue weighted by Gasteiger charge is 2.08. The van der Waals surface area contributed by atoms with Crippen molar-refractivity contribution in [2.24, 2.45) is 7.05 Å². The highest BCUT2D eigenvalue weighted by Crippen LogP contribution is 2.22. The molecule has 0 saturated carbocycles. The minimum atomic E-state index is -0.167. The van der Waals surface area contributed by atoms with E-state index in [0.717, 1.165) is 16.5 Å². The monoisotopic (exact) mass is 281 g/mol. The molecule has 1 amide bonds. The molecule has 0 aliphatic carbocycles. The maximum absolute atomic E-state index is 12.0. The number of benzene rings is 2. The van der Waals surface area contributed by atoms with Crippen LogP contribution in [0.4, 0.5) is 5.69 Å². The van der Waals surface area contributed by atoms with E-state index in [9.17, 15) is 9.90 Å². The van der Waals surface area contributed by atoms with Gasteiger partial charge in [0.05, 0.1) is 23.8 Å². The van der Waals surface area contributed by atoms with Gasteiger partial charge < -0.3 is 10.4 Å². The Morgan fingerprint density at radius 1 is 1.29 bits per heavy atom. The quantitative estimate of drug-likeness (QED) is 0.725. The Balaban J connectivity index is 1.75. The first-order chi connectivity index (χ1) is 10.1. The molecule has 0 atom stereocenters. The SMILES string of the molecule is Cn1ncc2cc(CC(=O)Nc3ccccc3O)ccc21. The average molecular weight is 281 g/mol.